The highest BCUT2D eigenvalue weighted by atomic mass is 79.9. The fourth-order valence-corrected chi connectivity index (χ4v) is 3.15. The van der Waals surface area contributed by atoms with Gasteiger partial charge in [-0.15, -0.1) is 0 Å². The van der Waals surface area contributed by atoms with Gasteiger partial charge in [-0.3, -0.25) is 0 Å². The molecule has 0 N–H and O–H groups in total. The zero-order valence-electron chi connectivity index (χ0n) is 14.4. The van der Waals surface area contributed by atoms with Gasteiger partial charge in [0.05, 0.1) is 10.7 Å². The molecule has 27 heavy (non-hydrogen) atoms. The second-order valence-corrected chi connectivity index (χ2v) is 6.87. The number of aromatic nitrogens is 2. The number of hydrogen-bond donors (Lipinski definition) is 0. The Morgan fingerprint density at radius 2 is 1.93 bits per heavy atom. The number of carbonyl (C=O) groups is 1. The molecule has 1 saturated heterocycles. The van der Waals surface area contributed by atoms with Gasteiger partial charge in [0.25, 0.3) is 11.8 Å². The zero-order chi connectivity index (χ0) is 18.6. The van der Waals surface area contributed by atoms with E-state index in [9.17, 15) is 4.79 Å². The highest BCUT2D eigenvalue weighted by molar-refractivity contribution is 9.10. The molecule has 4 rings (SSSR count). The van der Waals surface area contributed by atoms with Gasteiger partial charge < -0.3 is 23.5 Å². The molecule has 2 aromatic heterocycles. The summed E-state index contributed by atoms with van der Waals surface area (Å²) in [7, 11) is 0. The number of rotatable bonds is 4. The monoisotopic (exact) mass is 432 g/mol. The van der Waals surface area contributed by atoms with Crippen LogP contribution in [-0.4, -0.2) is 47.3 Å². The molecule has 1 aromatic carbocycles. The second-order valence-electron chi connectivity index (χ2n) is 6.01. The van der Waals surface area contributed by atoms with Crippen LogP contribution in [-0.2, 0) is 11.3 Å². The van der Waals surface area contributed by atoms with Crippen molar-refractivity contribution < 1.29 is 18.5 Å². The van der Waals surface area contributed by atoms with E-state index >= 15 is 0 Å². The lowest BCUT2D eigenvalue weighted by atomic mass is 10.2. The van der Waals surface area contributed by atoms with Crippen molar-refractivity contribution in [2.45, 2.75) is 6.61 Å². The number of halogens is 1. The first-order valence-electron chi connectivity index (χ1n) is 8.48. The van der Waals surface area contributed by atoms with Gasteiger partial charge in [0.2, 0.25) is 5.76 Å². The minimum atomic E-state index is -0.313. The lowest BCUT2D eigenvalue weighted by molar-refractivity contribution is 0.0940. The first-order valence-corrected chi connectivity index (χ1v) is 9.27. The van der Waals surface area contributed by atoms with E-state index in [-0.39, 0.29) is 12.7 Å². The van der Waals surface area contributed by atoms with Crippen LogP contribution in [0.2, 0.25) is 0 Å². The van der Waals surface area contributed by atoms with Crippen LogP contribution in [0, 0.1) is 0 Å². The number of ether oxygens (including phenoxy) is 1. The average molecular weight is 433 g/mol. The van der Waals surface area contributed by atoms with Crippen LogP contribution in [0.3, 0.4) is 0 Å². The first-order chi connectivity index (χ1) is 13.2. The molecule has 1 amide bonds. The fourth-order valence-electron chi connectivity index (χ4n) is 2.78. The zero-order valence-corrected chi connectivity index (χ0v) is 16.0. The second kappa shape index (κ2) is 7.83. The molecule has 0 unspecified atom stereocenters. The Morgan fingerprint density at radius 1 is 1.15 bits per heavy atom. The Hall–Kier alpha value is -2.81. The first kappa shape index (κ1) is 17.6. The molecule has 9 heteroatoms. The summed E-state index contributed by atoms with van der Waals surface area (Å²) in [5.41, 5.74) is 0.966. The maximum absolute atomic E-state index is 12.2. The molecule has 1 fully saturated rings. The highest BCUT2D eigenvalue weighted by Gasteiger charge is 2.26. The van der Waals surface area contributed by atoms with Crippen molar-refractivity contribution in [3.63, 3.8) is 0 Å². The van der Waals surface area contributed by atoms with Crippen LogP contribution in [0.25, 0.3) is 11.7 Å². The fraction of sp³-hybridized carbons (Fsp3) is 0.278. The molecular weight excluding hydrogens is 416 g/mol. The molecule has 0 spiro atoms. The lowest BCUT2D eigenvalue weighted by Gasteiger charge is -2.33. The van der Waals surface area contributed by atoms with E-state index in [1.807, 2.05) is 35.2 Å². The van der Waals surface area contributed by atoms with E-state index < -0.39 is 0 Å². The van der Waals surface area contributed by atoms with E-state index in [4.69, 9.17) is 13.7 Å². The number of carbonyl (C=O) groups excluding carboxylic acids is 1. The van der Waals surface area contributed by atoms with E-state index in [0.717, 1.165) is 10.0 Å². The number of piperazine rings is 1. The molecule has 3 heterocycles. The molecule has 1 aliphatic rings. The summed E-state index contributed by atoms with van der Waals surface area (Å²) >= 11 is 3.37. The Bertz CT molecular complexity index is 903. The maximum atomic E-state index is 12.2. The number of hydrogen-bond acceptors (Lipinski definition) is 7. The Balaban J connectivity index is 1.30. The molecule has 0 atom stereocenters. The van der Waals surface area contributed by atoms with Crippen LogP contribution in [0.5, 0.6) is 0 Å². The van der Waals surface area contributed by atoms with Gasteiger partial charge >= 0.3 is 6.09 Å². The third-order valence-corrected chi connectivity index (χ3v) is 4.88. The Morgan fingerprint density at radius 3 is 2.63 bits per heavy atom. The summed E-state index contributed by atoms with van der Waals surface area (Å²) in [6.45, 7) is 2.52. The summed E-state index contributed by atoms with van der Waals surface area (Å²) in [6, 6.07) is 11.4. The minimum Gasteiger partial charge on any atom is -0.458 e. The number of benzene rings is 1. The van der Waals surface area contributed by atoms with Crippen molar-refractivity contribution in [3.8, 4) is 11.7 Å². The van der Waals surface area contributed by atoms with Crippen LogP contribution in [0.4, 0.5) is 10.7 Å². The van der Waals surface area contributed by atoms with E-state index in [1.165, 1.54) is 0 Å². The highest BCUT2D eigenvalue weighted by Crippen LogP contribution is 2.29. The van der Waals surface area contributed by atoms with Gasteiger partial charge in [0.1, 0.15) is 6.61 Å². The molecule has 3 aromatic rings. The van der Waals surface area contributed by atoms with Crippen molar-refractivity contribution in [1.82, 2.24) is 15.0 Å². The largest absolute Gasteiger partial charge is 0.458 e. The number of furan rings is 1. The van der Waals surface area contributed by atoms with Crippen molar-refractivity contribution in [2.75, 3.05) is 31.1 Å². The summed E-state index contributed by atoms with van der Waals surface area (Å²) < 4.78 is 16.7. The summed E-state index contributed by atoms with van der Waals surface area (Å²) in [4.78, 5) is 20.2. The molecule has 1 aliphatic heterocycles. The van der Waals surface area contributed by atoms with E-state index in [0.29, 0.717) is 43.8 Å². The predicted octanol–water partition coefficient (Wildman–Crippen LogP) is 3.55. The van der Waals surface area contributed by atoms with E-state index in [2.05, 4.69) is 26.1 Å². The van der Waals surface area contributed by atoms with Crippen LogP contribution >= 0.6 is 15.9 Å². The topological polar surface area (TPSA) is 84.8 Å². The van der Waals surface area contributed by atoms with Gasteiger partial charge in [-0.25, -0.2) is 4.79 Å². The summed E-state index contributed by atoms with van der Waals surface area (Å²) in [5.74, 6) is 1.29. The van der Waals surface area contributed by atoms with Crippen LogP contribution in [0.1, 0.15) is 5.56 Å². The summed E-state index contributed by atoms with van der Waals surface area (Å²) in [5, 5.41) is 4.01. The maximum Gasteiger partial charge on any atom is 0.410 e. The molecular formula is C18H17BrN4O4. The molecule has 0 aliphatic carbocycles. The van der Waals surface area contributed by atoms with Gasteiger partial charge in [-0.2, -0.15) is 4.98 Å². The van der Waals surface area contributed by atoms with Gasteiger partial charge in [0.15, 0.2) is 0 Å². The standard InChI is InChI=1S/C18H17BrN4O4/c19-14-6-11-25-15(14)16-20-17(21-27-16)22-7-9-23(10-8-22)18(24)26-12-13-4-2-1-3-5-13/h1-6,11H,7-10,12H2. The normalized spacial score (nSPS) is 14.4. The van der Waals surface area contributed by atoms with Crippen LogP contribution in [0.15, 0.2) is 56.1 Å². The van der Waals surface area contributed by atoms with Gasteiger partial charge in [-0.05, 0) is 32.7 Å². The number of nitrogens with zero attached hydrogens (tertiary/aromatic N) is 4. The Kier molecular flexibility index (Phi) is 5.10. The third-order valence-electron chi connectivity index (χ3n) is 4.25. The van der Waals surface area contributed by atoms with Crippen molar-refractivity contribution in [3.05, 3.63) is 52.7 Å². The molecule has 140 valence electrons. The van der Waals surface area contributed by atoms with Gasteiger partial charge in [-0.1, -0.05) is 30.3 Å². The van der Waals surface area contributed by atoms with Crippen molar-refractivity contribution in [2.24, 2.45) is 0 Å². The molecule has 0 bridgehead atoms. The van der Waals surface area contributed by atoms with Crippen LogP contribution < -0.4 is 4.90 Å². The SMILES string of the molecule is O=C(OCc1ccccc1)N1CCN(c2noc(-c3occc3Br)n2)CC1. The average Bonchev–Trinajstić information content (AvgIpc) is 3.36. The third kappa shape index (κ3) is 3.97. The van der Waals surface area contributed by atoms with Gasteiger partial charge in [0, 0.05) is 26.2 Å². The Labute approximate surface area is 163 Å². The van der Waals surface area contributed by atoms with Crippen molar-refractivity contribution in [1.29, 1.82) is 0 Å². The minimum absolute atomic E-state index is 0.270. The van der Waals surface area contributed by atoms with E-state index in [1.54, 1.807) is 17.2 Å². The predicted molar refractivity (Wildman–Crippen MR) is 100 cm³/mol. The number of amides is 1. The summed E-state index contributed by atoms with van der Waals surface area (Å²) in [6.07, 6.45) is 1.23. The smallest absolute Gasteiger partial charge is 0.410 e. The molecule has 0 radical (unpaired) electrons. The molecule has 0 saturated carbocycles. The lowest BCUT2D eigenvalue weighted by Crippen LogP contribution is -2.49. The number of anilines is 1. The quantitative estimate of drug-likeness (QED) is 0.622. The molecule has 8 nitrogen and oxygen atoms in total. The van der Waals surface area contributed by atoms with Crippen molar-refractivity contribution >= 4 is 28.0 Å².